The molecular formula is C45H54F2N4O8. The second kappa shape index (κ2) is 14.3. The monoisotopic (exact) mass is 816 g/mol. The van der Waals surface area contributed by atoms with Crippen LogP contribution in [0.1, 0.15) is 81.3 Å². The maximum atomic E-state index is 15.2. The molecule has 2 saturated heterocycles. The molecule has 12 nitrogen and oxygen atoms in total. The van der Waals surface area contributed by atoms with Gasteiger partial charge in [-0.15, -0.1) is 0 Å². The number of carbonyl (C=O) groups is 2. The molecule has 9 rings (SSSR count). The van der Waals surface area contributed by atoms with Crippen LogP contribution in [0.3, 0.4) is 0 Å². The summed E-state index contributed by atoms with van der Waals surface area (Å²) in [7, 11) is 3.12. The van der Waals surface area contributed by atoms with Gasteiger partial charge in [0, 0.05) is 90.6 Å². The first-order valence-electron chi connectivity index (χ1n) is 20.6. The molecule has 1 aromatic heterocycles. The van der Waals surface area contributed by atoms with Crippen LogP contribution in [0.5, 0.6) is 0 Å². The van der Waals surface area contributed by atoms with Crippen LogP contribution in [0.15, 0.2) is 48.6 Å². The maximum Gasteiger partial charge on any atom is 0.373 e. The minimum atomic E-state index is -2.83. The van der Waals surface area contributed by atoms with Crippen LogP contribution in [-0.4, -0.2) is 113 Å². The number of piperidine rings is 1. The van der Waals surface area contributed by atoms with Crippen molar-refractivity contribution in [3.05, 3.63) is 76.5 Å². The Morgan fingerprint density at radius 2 is 1.85 bits per heavy atom. The van der Waals surface area contributed by atoms with Gasteiger partial charge < -0.3 is 29.6 Å². The molecule has 14 heteroatoms. The molecule has 3 N–H and O–H groups in total. The van der Waals surface area contributed by atoms with Gasteiger partial charge in [-0.3, -0.25) is 14.6 Å². The molecule has 5 aliphatic heterocycles. The van der Waals surface area contributed by atoms with E-state index in [0.717, 1.165) is 45.9 Å². The van der Waals surface area contributed by atoms with Gasteiger partial charge in [-0.2, -0.15) is 9.59 Å². The number of anilines is 1. The Bertz CT molecular complexity index is 2250. The number of aliphatic hydroxyl groups is 2. The summed E-state index contributed by atoms with van der Waals surface area (Å²) in [5.41, 5.74) is 1.65. The lowest BCUT2D eigenvalue weighted by atomic mass is 9.47. The fourth-order valence-corrected chi connectivity index (χ4v) is 13.2. The zero-order valence-corrected chi connectivity index (χ0v) is 34.5. The topological polar surface area (TPSA) is 153 Å². The van der Waals surface area contributed by atoms with E-state index in [2.05, 4.69) is 52.1 Å². The number of likely N-dealkylation sites (N-methyl/N-ethyl adjacent to an activating group) is 1. The van der Waals surface area contributed by atoms with Gasteiger partial charge in [0.05, 0.1) is 19.8 Å². The Kier molecular flexibility index (Phi) is 10.0. The number of ether oxygens (including phenoxy) is 2. The Labute approximate surface area is 342 Å². The van der Waals surface area contributed by atoms with Crippen LogP contribution in [0.4, 0.5) is 14.5 Å². The fourth-order valence-electron chi connectivity index (χ4n) is 13.2. The second-order valence-electron chi connectivity index (χ2n) is 18.2. The normalized spacial score (nSPS) is 35.5. The molecule has 59 heavy (non-hydrogen) atoms. The highest BCUT2D eigenvalue weighted by Gasteiger charge is 2.80. The number of H-pyrrole nitrogens is 1. The maximum absolute atomic E-state index is 15.2. The standard InChI is InChI=1S/C44H54F2N4O6.CO2/c1-7-42-13-10-15-50-16-14-43(36(42)50)32-19-31(27(24-51)18-34(32)48(5)37(43)44(54,39(53)55-6)38(42)56-25(2)52)40(3)20-26-17-28(41(4,45)46)22-49(21-26)23-30-29-11-8-9-12-33(29)47-35(30)40;2-1-3/h8-13,18-19,26,28,36-38,47,51,54H,7,14-17,20-24H2,1-6H3;/t26-,28-,36-,37?,38+,40+,42+,43+,44-;/m0./s1. The zero-order chi connectivity index (χ0) is 42.4. The third-order valence-electron chi connectivity index (χ3n) is 15.2. The van der Waals surface area contributed by atoms with Crippen molar-refractivity contribution in [2.24, 2.45) is 17.3 Å². The van der Waals surface area contributed by atoms with Gasteiger partial charge in [0.15, 0.2) is 6.10 Å². The van der Waals surface area contributed by atoms with Crippen molar-refractivity contribution in [1.29, 1.82) is 0 Å². The predicted octanol–water partition coefficient (Wildman–Crippen LogP) is 4.83. The number of alkyl halides is 2. The summed E-state index contributed by atoms with van der Waals surface area (Å²) in [6.07, 6.45) is 5.19. The van der Waals surface area contributed by atoms with Crippen LogP contribution in [0.2, 0.25) is 0 Å². The Balaban J connectivity index is 0.00000157. The van der Waals surface area contributed by atoms with Crippen molar-refractivity contribution in [2.75, 3.05) is 45.2 Å². The van der Waals surface area contributed by atoms with Gasteiger partial charge in [0.1, 0.15) is 0 Å². The van der Waals surface area contributed by atoms with E-state index in [0.29, 0.717) is 64.0 Å². The molecule has 316 valence electrons. The number of aromatic amines is 1. The van der Waals surface area contributed by atoms with Gasteiger partial charge in [-0.1, -0.05) is 43.3 Å². The van der Waals surface area contributed by atoms with Crippen molar-refractivity contribution in [2.45, 2.75) is 107 Å². The number of rotatable bonds is 6. The quantitative estimate of drug-likeness (QED) is 0.232. The number of nitrogens with one attached hydrogen (secondary N) is 1. The number of hydrogen-bond donors (Lipinski definition) is 3. The number of benzene rings is 2. The van der Waals surface area contributed by atoms with E-state index < -0.39 is 57.8 Å². The highest BCUT2D eigenvalue weighted by Crippen LogP contribution is 2.68. The van der Waals surface area contributed by atoms with Crippen LogP contribution in [-0.2, 0) is 52.6 Å². The average Bonchev–Trinajstić information content (AvgIpc) is 3.85. The molecule has 3 aromatic rings. The minimum absolute atomic E-state index is 0.0423. The van der Waals surface area contributed by atoms with Crippen molar-refractivity contribution in [3.8, 4) is 0 Å². The molecule has 6 aliphatic rings. The van der Waals surface area contributed by atoms with Crippen LogP contribution in [0.25, 0.3) is 10.9 Å². The van der Waals surface area contributed by atoms with Gasteiger partial charge in [-0.05, 0) is 86.4 Å². The molecule has 2 aromatic carbocycles. The molecule has 10 atom stereocenters. The first kappa shape index (κ1) is 41.3. The van der Waals surface area contributed by atoms with E-state index in [-0.39, 0.29) is 24.7 Å². The number of carbonyl (C=O) groups excluding carboxylic acids is 4. The smallest absolute Gasteiger partial charge is 0.373 e. The predicted molar refractivity (Wildman–Crippen MR) is 212 cm³/mol. The van der Waals surface area contributed by atoms with Crippen molar-refractivity contribution in [1.82, 2.24) is 14.8 Å². The number of para-hydroxylation sites is 1. The second-order valence-corrected chi connectivity index (χ2v) is 18.2. The highest BCUT2D eigenvalue weighted by molar-refractivity contribution is 5.88. The molecule has 0 radical (unpaired) electrons. The molecule has 1 spiro atoms. The SMILES string of the molecule is CC[C@]12C=CCN3CC[C@@]4(c5cc([C@@]6(C)C[C@@H]7C[C@H](C(C)(F)F)CN(Cc8c6[nH]c6ccccc86)C7)c(CO)cc5N(C)C4[C@@](O)(C(=O)OC)[C@@H]1OC(C)=O)[C@@H]32.O=C=O. The third-order valence-corrected chi connectivity index (χ3v) is 15.2. The average molecular weight is 817 g/mol. The Morgan fingerprint density at radius 1 is 1.12 bits per heavy atom. The molecular weight excluding hydrogens is 763 g/mol. The lowest BCUT2D eigenvalue weighted by Gasteiger charge is -2.63. The zero-order valence-electron chi connectivity index (χ0n) is 34.5. The number of esters is 2. The number of halogens is 2. The van der Waals surface area contributed by atoms with Crippen molar-refractivity contribution in [3.63, 3.8) is 0 Å². The summed E-state index contributed by atoms with van der Waals surface area (Å²) in [6.45, 7) is 9.19. The molecule has 1 aliphatic carbocycles. The van der Waals surface area contributed by atoms with Crippen molar-refractivity contribution >= 4 is 34.7 Å². The molecule has 0 amide bonds. The van der Waals surface area contributed by atoms with E-state index in [4.69, 9.17) is 19.1 Å². The number of fused-ring (bicyclic) bond motifs is 6. The highest BCUT2D eigenvalue weighted by atomic mass is 19.3. The Hall–Kier alpha value is -4.46. The molecule has 6 heterocycles. The van der Waals surface area contributed by atoms with Gasteiger partial charge in [0.25, 0.3) is 0 Å². The first-order chi connectivity index (χ1) is 28.0. The fraction of sp³-hybridized carbons (Fsp3) is 0.578. The van der Waals surface area contributed by atoms with Gasteiger partial charge >= 0.3 is 18.1 Å². The molecule has 1 saturated carbocycles. The number of aromatic nitrogens is 1. The Morgan fingerprint density at radius 3 is 2.51 bits per heavy atom. The van der Waals surface area contributed by atoms with Gasteiger partial charge in [-0.25, -0.2) is 13.6 Å². The molecule has 2 unspecified atom stereocenters. The summed E-state index contributed by atoms with van der Waals surface area (Å²) in [6, 6.07) is 11.3. The number of nitrogens with zero attached hydrogens (tertiary/aromatic N) is 3. The van der Waals surface area contributed by atoms with Crippen LogP contribution in [0, 0.1) is 17.3 Å². The summed E-state index contributed by atoms with van der Waals surface area (Å²) >= 11 is 0. The summed E-state index contributed by atoms with van der Waals surface area (Å²) in [5.74, 6) is -5.11. The summed E-state index contributed by atoms with van der Waals surface area (Å²) in [4.78, 5) is 53.8. The van der Waals surface area contributed by atoms with Crippen LogP contribution < -0.4 is 4.90 Å². The molecule has 3 fully saturated rings. The van der Waals surface area contributed by atoms with E-state index in [1.165, 1.54) is 14.0 Å². The van der Waals surface area contributed by atoms with Crippen LogP contribution >= 0.6 is 0 Å². The van der Waals surface area contributed by atoms with Crippen molar-refractivity contribution < 1.29 is 47.6 Å². The van der Waals surface area contributed by atoms with E-state index in [1.807, 2.05) is 37.1 Å². The summed E-state index contributed by atoms with van der Waals surface area (Å²) in [5, 5.41) is 25.6. The van der Waals surface area contributed by atoms with E-state index in [1.54, 1.807) is 0 Å². The number of methoxy groups -OCH3 is 1. The number of hydrogen-bond acceptors (Lipinski definition) is 11. The largest absolute Gasteiger partial charge is 0.467 e. The molecule has 2 bridgehead atoms. The minimum Gasteiger partial charge on any atom is -0.467 e. The van der Waals surface area contributed by atoms with Gasteiger partial charge in [0.2, 0.25) is 11.5 Å². The third kappa shape index (κ3) is 5.73. The van der Waals surface area contributed by atoms with E-state index >= 15 is 8.78 Å². The summed E-state index contributed by atoms with van der Waals surface area (Å²) < 4.78 is 41.9. The van der Waals surface area contributed by atoms with E-state index in [9.17, 15) is 19.8 Å². The lowest BCUT2D eigenvalue weighted by molar-refractivity contribution is -0.228. The lowest BCUT2D eigenvalue weighted by Crippen LogP contribution is -2.81. The number of aliphatic hydroxyl groups excluding tert-OH is 1. The first-order valence-corrected chi connectivity index (χ1v) is 20.6.